The third-order valence-electron chi connectivity index (χ3n) is 5.46. The van der Waals surface area contributed by atoms with Crippen LogP contribution in [0.2, 0.25) is 18.2 Å². The zero-order valence-electron chi connectivity index (χ0n) is 18.3. The number of hydrogen-bond donors (Lipinski definition) is 0. The second-order valence-corrected chi connectivity index (χ2v) is 12.6. The van der Waals surface area contributed by atoms with E-state index in [-0.39, 0.29) is 28.3 Å². The molecule has 0 N–H and O–H groups in total. The number of hydrogen-bond acceptors (Lipinski definition) is 6. The van der Waals surface area contributed by atoms with Crippen molar-refractivity contribution in [1.29, 1.82) is 0 Å². The molecule has 0 amide bonds. The standard InChI is InChI=1S/C20H28ClFN3O4Si/c1-18(2,3)26-9-12-14-15(29-19(4,5)28-14)20(27-12,30(6)7)25-8-11(22)13-16(21)23-10-24-17(13)25/h8,10,12,14-15H,9H2,1-7H3/t12-,14-,15-,20-/m1/s1. The normalized spacial score (nSPS) is 31.1. The molecule has 2 aliphatic rings. The SMILES string of the molecule is C[Si](C)[C@]1(n2cc(F)c3c(Cl)ncnc32)O[C@H](COC(C)(C)C)[C@H]2OC(C)(C)O[C@H]21. The molecule has 2 saturated heterocycles. The van der Waals surface area contributed by atoms with Crippen LogP contribution in [0.1, 0.15) is 34.6 Å². The Labute approximate surface area is 182 Å². The van der Waals surface area contributed by atoms with Gasteiger partial charge in [-0.2, -0.15) is 0 Å². The van der Waals surface area contributed by atoms with Gasteiger partial charge in [-0.05, 0) is 34.6 Å². The Balaban J connectivity index is 1.85. The van der Waals surface area contributed by atoms with Crippen LogP contribution in [0.4, 0.5) is 4.39 Å². The molecule has 2 aromatic rings. The summed E-state index contributed by atoms with van der Waals surface area (Å²) in [5.74, 6) is -1.29. The van der Waals surface area contributed by atoms with Gasteiger partial charge in [0.15, 0.2) is 17.0 Å². The highest BCUT2D eigenvalue weighted by Gasteiger charge is 2.65. The largest absolute Gasteiger partial charge is 0.373 e. The van der Waals surface area contributed by atoms with Gasteiger partial charge >= 0.3 is 0 Å². The van der Waals surface area contributed by atoms with Crippen molar-refractivity contribution in [3.05, 3.63) is 23.5 Å². The molecule has 0 saturated carbocycles. The Morgan fingerprint density at radius 1 is 1.23 bits per heavy atom. The molecular weight excluding hydrogens is 429 g/mol. The van der Waals surface area contributed by atoms with E-state index in [9.17, 15) is 4.39 Å². The van der Waals surface area contributed by atoms with Crippen molar-refractivity contribution in [2.24, 2.45) is 0 Å². The summed E-state index contributed by atoms with van der Waals surface area (Å²) in [6.07, 6.45) is 1.53. The highest BCUT2D eigenvalue weighted by atomic mass is 35.5. The van der Waals surface area contributed by atoms with Crippen molar-refractivity contribution in [3.8, 4) is 0 Å². The summed E-state index contributed by atoms with van der Waals surface area (Å²) < 4.78 is 42.0. The molecular formula is C20H28ClFN3O4Si. The number of halogens is 2. The fourth-order valence-corrected chi connectivity index (χ4v) is 6.31. The lowest BCUT2D eigenvalue weighted by molar-refractivity contribution is -0.217. The lowest BCUT2D eigenvalue weighted by Crippen LogP contribution is -2.54. The quantitative estimate of drug-likeness (QED) is 0.513. The minimum Gasteiger partial charge on any atom is -0.373 e. The molecule has 2 fully saturated rings. The van der Waals surface area contributed by atoms with Gasteiger partial charge in [-0.25, -0.2) is 14.4 Å². The van der Waals surface area contributed by atoms with Crippen LogP contribution in [0.15, 0.2) is 12.5 Å². The summed E-state index contributed by atoms with van der Waals surface area (Å²) in [4.78, 5) is 8.26. The van der Waals surface area contributed by atoms with E-state index in [1.807, 2.05) is 34.6 Å². The number of nitrogens with zero attached hydrogens (tertiary/aromatic N) is 3. The third kappa shape index (κ3) is 3.49. The van der Waals surface area contributed by atoms with Gasteiger partial charge in [0, 0.05) is 6.20 Å². The molecule has 0 aromatic carbocycles. The van der Waals surface area contributed by atoms with Crippen molar-refractivity contribution in [3.63, 3.8) is 0 Å². The minimum absolute atomic E-state index is 0.0680. The maximum absolute atomic E-state index is 14.9. The van der Waals surface area contributed by atoms with Gasteiger partial charge in [-0.3, -0.25) is 0 Å². The van der Waals surface area contributed by atoms with Gasteiger partial charge in [-0.1, -0.05) is 24.7 Å². The maximum Gasteiger partial charge on any atom is 0.164 e. The summed E-state index contributed by atoms with van der Waals surface area (Å²) in [5.41, 5.74) is 0.0429. The molecule has 30 heavy (non-hydrogen) atoms. The minimum atomic E-state index is -1.29. The number of rotatable bonds is 4. The molecule has 2 aromatic heterocycles. The van der Waals surface area contributed by atoms with Crippen molar-refractivity contribution in [2.45, 2.75) is 82.8 Å². The first-order valence-electron chi connectivity index (χ1n) is 10.0. The second kappa shape index (κ2) is 7.21. The molecule has 165 valence electrons. The van der Waals surface area contributed by atoms with Gasteiger partial charge < -0.3 is 23.5 Å². The van der Waals surface area contributed by atoms with Crippen LogP contribution in [-0.4, -0.2) is 59.6 Å². The van der Waals surface area contributed by atoms with E-state index in [0.717, 1.165) is 0 Å². The Morgan fingerprint density at radius 3 is 2.57 bits per heavy atom. The molecule has 0 spiro atoms. The third-order valence-corrected chi connectivity index (χ3v) is 7.82. The van der Waals surface area contributed by atoms with Crippen LogP contribution in [0, 0.1) is 5.82 Å². The van der Waals surface area contributed by atoms with Gasteiger partial charge in [0.1, 0.15) is 44.2 Å². The van der Waals surface area contributed by atoms with Crippen molar-refractivity contribution in [1.82, 2.24) is 14.5 Å². The van der Waals surface area contributed by atoms with E-state index in [4.69, 9.17) is 30.5 Å². The molecule has 4 atom stereocenters. The molecule has 10 heteroatoms. The molecule has 4 rings (SSSR count). The second-order valence-electron chi connectivity index (χ2n) is 9.51. The first-order chi connectivity index (χ1) is 13.9. The van der Waals surface area contributed by atoms with E-state index in [2.05, 4.69) is 23.1 Å². The highest BCUT2D eigenvalue weighted by molar-refractivity contribution is 6.58. The first-order valence-corrected chi connectivity index (χ1v) is 12.9. The Bertz CT molecular complexity index is 963. The van der Waals surface area contributed by atoms with Crippen molar-refractivity contribution in [2.75, 3.05) is 6.61 Å². The molecule has 0 bridgehead atoms. The zero-order chi connectivity index (χ0) is 22.1. The molecule has 2 aliphatic heterocycles. The summed E-state index contributed by atoms with van der Waals surface area (Å²) in [6, 6.07) is 0. The molecule has 0 unspecified atom stereocenters. The Kier molecular flexibility index (Phi) is 5.31. The Hall–Kier alpha value is -1.10. The fraction of sp³-hybridized carbons (Fsp3) is 0.700. The van der Waals surface area contributed by atoms with E-state index >= 15 is 0 Å². The Morgan fingerprint density at radius 2 is 1.93 bits per heavy atom. The summed E-state index contributed by atoms with van der Waals surface area (Å²) in [6.45, 7) is 14.3. The molecule has 0 aliphatic carbocycles. The monoisotopic (exact) mass is 456 g/mol. The van der Waals surface area contributed by atoms with Crippen molar-refractivity contribution >= 4 is 31.4 Å². The van der Waals surface area contributed by atoms with Crippen LogP contribution in [0.5, 0.6) is 0 Å². The van der Waals surface area contributed by atoms with E-state index in [0.29, 0.717) is 12.3 Å². The lowest BCUT2D eigenvalue weighted by atomic mass is 10.1. The average Bonchev–Trinajstić information content (AvgIpc) is 3.21. The van der Waals surface area contributed by atoms with Crippen LogP contribution in [0.3, 0.4) is 0 Å². The molecule has 4 heterocycles. The van der Waals surface area contributed by atoms with Gasteiger partial charge in [0.05, 0.1) is 17.6 Å². The maximum atomic E-state index is 14.9. The first kappa shape index (κ1) is 22.1. The van der Waals surface area contributed by atoms with Gasteiger partial charge in [0.2, 0.25) is 0 Å². The lowest BCUT2D eigenvalue weighted by Gasteiger charge is -2.39. The smallest absolute Gasteiger partial charge is 0.164 e. The van der Waals surface area contributed by atoms with E-state index < -0.39 is 31.9 Å². The number of ether oxygens (including phenoxy) is 4. The van der Waals surface area contributed by atoms with Crippen LogP contribution in [0.25, 0.3) is 11.0 Å². The average molecular weight is 457 g/mol. The van der Waals surface area contributed by atoms with Crippen LogP contribution in [-0.2, 0) is 24.3 Å². The summed E-state index contributed by atoms with van der Waals surface area (Å²) in [5, 5.41) is -0.720. The predicted molar refractivity (Wildman–Crippen MR) is 112 cm³/mol. The van der Waals surface area contributed by atoms with Crippen LogP contribution < -0.4 is 0 Å². The predicted octanol–water partition coefficient (Wildman–Crippen LogP) is 3.90. The van der Waals surface area contributed by atoms with E-state index in [1.54, 1.807) is 4.57 Å². The number of fused-ring (bicyclic) bond motifs is 2. The zero-order valence-corrected chi connectivity index (χ0v) is 20.1. The topological polar surface area (TPSA) is 67.6 Å². The van der Waals surface area contributed by atoms with Gasteiger partial charge in [0.25, 0.3) is 0 Å². The number of aromatic nitrogens is 3. The molecule has 1 radical (unpaired) electrons. The van der Waals surface area contributed by atoms with E-state index in [1.165, 1.54) is 12.5 Å². The van der Waals surface area contributed by atoms with Crippen LogP contribution >= 0.6 is 11.6 Å². The highest BCUT2D eigenvalue weighted by Crippen LogP contribution is 2.49. The van der Waals surface area contributed by atoms with Gasteiger partial charge in [-0.15, -0.1) is 0 Å². The fourth-order valence-electron chi connectivity index (χ4n) is 4.26. The molecule has 7 nitrogen and oxygen atoms in total. The summed E-state index contributed by atoms with van der Waals surface area (Å²) in [7, 11) is -1.29. The summed E-state index contributed by atoms with van der Waals surface area (Å²) >= 11 is 6.18. The van der Waals surface area contributed by atoms with Crippen molar-refractivity contribution < 1.29 is 23.3 Å².